The molecule has 1 amide bonds. The van der Waals surface area contributed by atoms with Crippen molar-refractivity contribution in [3.63, 3.8) is 0 Å². The van der Waals surface area contributed by atoms with Gasteiger partial charge in [-0.25, -0.2) is 8.42 Å². The van der Waals surface area contributed by atoms with Crippen LogP contribution in [0.5, 0.6) is 0 Å². The molecule has 0 spiro atoms. The molecule has 0 aliphatic rings. The number of aryl methyl sites for hydroxylation is 1. The predicted octanol–water partition coefficient (Wildman–Crippen LogP) is 3.56. The topological polar surface area (TPSA) is 66.5 Å². The van der Waals surface area contributed by atoms with Crippen molar-refractivity contribution in [1.82, 2.24) is 4.31 Å². The number of nitrogens with zero attached hydrogens (tertiary/aromatic N) is 1. The van der Waals surface area contributed by atoms with E-state index >= 15 is 0 Å². The lowest BCUT2D eigenvalue weighted by Crippen LogP contribution is -2.34. The summed E-state index contributed by atoms with van der Waals surface area (Å²) in [6, 6.07) is 11.2. The van der Waals surface area contributed by atoms with E-state index in [9.17, 15) is 13.2 Å². The lowest BCUT2D eigenvalue weighted by atomic mass is 10.2. The van der Waals surface area contributed by atoms with E-state index in [0.717, 1.165) is 9.87 Å². The molecule has 8 heteroatoms. The Morgan fingerprint density at radius 3 is 2.29 bits per heavy atom. The largest absolute Gasteiger partial charge is 0.325 e. The summed E-state index contributed by atoms with van der Waals surface area (Å²) in [4.78, 5) is 12.0. The van der Waals surface area contributed by atoms with E-state index in [2.05, 4.69) is 5.32 Å². The second-order valence-corrected chi connectivity index (χ2v) is 8.11. The Morgan fingerprint density at radius 1 is 1.08 bits per heavy atom. The maximum absolute atomic E-state index is 12.5. The van der Waals surface area contributed by atoms with Crippen LogP contribution in [0.4, 0.5) is 5.69 Å². The van der Waals surface area contributed by atoms with Gasteiger partial charge in [-0.1, -0.05) is 40.9 Å². The summed E-state index contributed by atoms with van der Waals surface area (Å²) in [5.41, 5.74) is 1.67. The number of carbonyl (C=O) groups is 1. The first kappa shape index (κ1) is 18.7. The molecule has 128 valence electrons. The minimum Gasteiger partial charge on any atom is -0.325 e. The molecule has 0 aliphatic heterocycles. The molecule has 1 N–H and O–H groups in total. The first-order valence-corrected chi connectivity index (χ1v) is 9.17. The first-order valence-electron chi connectivity index (χ1n) is 6.98. The smallest absolute Gasteiger partial charge is 0.243 e. The number of nitrogens with one attached hydrogen (secondary N) is 1. The Balaban J connectivity index is 2.09. The highest BCUT2D eigenvalue weighted by Crippen LogP contribution is 2.26. The van der Waals surface area contributed by atoms with Crippen LogP contribution < -0.4 is 5.32 Å². The third-order valence-electron chi connectivity index (χ3n) is 3.30. The summed E-state index contributed by atoms with van der Waals surface area (Å²) in [5.74, 6) is -0.440. The van der Waals surface area contributed by atoms with Crippen molar-refractivity contribution in [2.24, 2.45) is 0 Å². The SMILES string of the molecule is Cc1ccc(NC(=O)CN(C)S(=O)(=O)c2ccc(Cl)c(Cl)c2)cc1. The Labute approximate surface area is 151 Å². The number of hydrogen-bond donors (Lipinski definition) is 1. The number of carbonyl (C=O) groups excluding carboxylic acids is 1. The van der Waals surface area contributed by atoms with E-state index in [1.165, 1.54) is 25.2 Å². The molecule has 0 radical (unpaired) electrons. The van der Waals surface area contributed by atoms with E-state index in [1.54, 1.807) is 12.1 Å². The van der Waals surface area contributed by atoms with Crippen molar-refractivity contribution in [2.45, 2.75) is 11.8 Å². The second-order valence-electron chi connectivity index (χ2n) is 5.25. The molecule has 0 bridgehead atoms. The van der Waals surface area contributed by atoms with Crippen molar-refractivity contribution >= 4 is 44.8 Å². The highest BCUT2D eigenvalue weighted by atomic mass is 35.5. The summed E-state index contributed by atoms with van der Waals surface area (Å²) >= 11 is 11.6. The molecule has 0 heterocycles. The van der Waals surface area contributed by atoms with E-state index in [4.69, 9.17) is 23.2 Å². The van der Waals surface area contributed by atoms with Crippen molar-refractivity contribution in [3.05, 3.63) is 58.1 Å². The van der Waals surface area contributed by atoms with Gasteiger partial charge in [0, 0.05) is 12.7 Å². The Hall–Kier alpha value is -1.60. The number of hydrogen-bond acceptors (Lipinski definition) is 3. The van der Waals surface area contributed by atoms with Crippen LogP contribution in [0.15, 0.2) is 47.4 Å². The van der Waals surface area contributed by atoms with Crippen LogP contribution in [-0.2, 0) is 14.8 Å². The molecule has 0 saturated carbocycles. The third-order valence-corrected chi connectivity index (χ3v) is 5.84. The molecule has 0 aliphatic carbocycles. The van der Waals surface area contributed by atoms with Gasteiger partial charge in [0.2, 0.25) is 15.9 Å². The Bertz CT molecular complexity index is 852. The number of halogens is 2. The molecule has 5 nitrogen and oxygen atoms in total. The molecular formula is C16H16Cl2N2O3S. The molecule has 0 atom stereocenters. The molecule has 24 heavy (non-hydrogen) atoms. The van der Waals surface area contributed by atoms with E-state index < -0.39 is 15.9 Å². The molecule has 0 fully saturated rings. The zero-order chi connectivity index (χ0) is 17.9. The van der Waals surface area contributed by atoms with Gasteiger partial charge >= 0.3 is 0 Å². The second kappa shape index (κ2) is 7.53. The zero-order valence-electron chi connectivity index (χ0n) is 13.1. The first-order chi connectivity index (χ1) is 11.2. The minimum atomic E-state index is -3.84. The van der Waals surface area contributed by atoms with Gasteiger partial charge in [0.1, 0.15) is 0 Å². The van der Waals surface area contributed by atoms with Gasteiger partial charge in [0.15, 0.2) is 0 Å². The lowest BCUT2D eigenvalue weighted by molar-refractivity contribution is -0.116. The van der Waals surface area contributed by atoms with E-state index in [-0.39, 0.29) is 21.5 Å². The molecule has 0 aromatic heterocycles. The number of likely N-dealkylation sites (N-methyl/N-ethyl adjacent to an activating group) is 1. The van der Waals surface area contributed by atoms with Gasteiger partial charge in [-0.05, 0) is 37.3 Å². The highest BCUT2D eigenvalue weighted by Gasteiger charge is 2.23. The van der Waals surface area contributed by atoms with Gasteiger partial charge in [-0.2, -0.15) is 4.31 Å². The highest BCUT2D eigenvalue weighted by molar-refractivity contribution is 7.89. The van der Waals surface area contributed by atoms with Crippen LogP contribution in [0.2, 0.25) is 10.0 Å². The normalized spacial score (nSPS) is 11.5. The van der Waals surface area contributed by atoms with Gasteiger partial charge in [-0.15, -0.1) is 0 Å². The summed E-state index contributed by atoms with van der Waals surface area (Å²) < 4.78 is 25.9. The number of rotatable bonds is 5. The fraction of sp³-hybridized carbons (Fsp3) is 0.188. The Morgan fingerprint density at radius 2 is 1.71 bits per heavy atom. The van der Waals surface area contributed by atoms with Crippen LogP contribution in [0.1, 0.15) is 5.56 Å². The number of amides is 1. The maximum atomic E-state index is 12.5. The number of anilines is 1. The zero-order valence-corrected chi connectivity index (χ0v) is 15.4. The fourth-order valence-electron chi connectivity index (χ4n) is 1.94. The molecule has 0 saturated heterocycles. The third kappa shape index (κ3) is 4.48. The fourth-order valence-corrected chi connectivity index (χ4v) is 3.46. The summed E-state index contributed by atoms with van der Waals surface area (Å²) in [6.45, 7) is 1.61. The van der Waals surface area contributed by atoms with Gasteiger partial charge in [0.25, 0.3) is 0 Å². The standard InChI is InChI=1S/C16H16Cl2N2O3S/c1-11-3-5-12(6-4-11)19-16(21)10-20(2)24(22,23)13-7-8-14(17)15(18)9-13/h3-9H,10H2,1-2H3,(H,19,21). The molecule has 2 aromatic rings. The van der Waals surface area contributed by atoms with Crippen molar-refractivity contribution < 1.29 is 13.2 Å². The molecule has 2 aromatic carbocycles. The van der Waals surface area contributed by atoms with Crippen LogP contribution in [0.3, 0.4) is 0 Å². The monoisotopic (exact) mass is 386 g/mol. The predicted molar refractivity (Wildman–Crippen MR) is 96.1 cm³/mol. The Kier molecular flexibility index (Phi) is 5.87. The molecule has 0 unspecified atom stereocenters. The lowest BCUT2D eigenvalue weighted by Gasteiger charge is -2.17. The van der Waals surface area contributed by atoms with Crippen LogP contribution in [0, 0.1) is 6.92 Å². The van der Waals surface area contributed by atoms with E-state index in [0.29, 0.717) is 5.69 Å². The quantitative estimate of drug-likeness (QED) is 0.853. The average Bonchev–Trinajstić information content (AvgIpc) is 2.52. The summed E-state index contributed by atoms with van der Waals surface area (Å²) in [5, 5.41) is 3.05. The molecule has 2 rings (SSSR count). The van der Waals surface area contributed by atoms with E-state index in [1.807, 2.05) is 19.1 Å². The van der Waals surface area contributed by atoms with Crippen LogP contribution in [-0.4, -0.2) is 32.2 Å². The van der Waals surface area contributed by atoms with Crippen molar-refractivity contribution in [2.75, 3.05) is 18.9 Å². The average molecular weight is 387 g/mol. The number of sulfonamides is 1. The van der Waals surface area contributed by atoms with Gasteiger partial charge < -0.3 is 5.32 Å². The maximum Gasteiger partial charge on any atom is 0.243 e. The van der Waals surface area contributed by atoms with Gasteiger partial charge in [0.05, 0.1) is 21.5 Å². The molecular weight excluding hydrogens is 371 g/mol. The minimum absolute atomic E-state index is 0.0254. The van der Waals surface area contributed by atoms with Crippen LogP contribution in [0.25, 0.3) is 0 Å². The van der Waals surface area contributed by atoms with Crippen molar-refractivity contribution in [3.8, 4) is 0 Å². The van der Waals surface area contributed by atoms with Gasteiger partial charge in [-0.3, -0.25) is 4.79 Å². The summed E-state index contributed by atoms with van der Waals surface area (Å²) in [7, 11) is -2.52. The van der Waals surface area contributed by atoms with Crippen LogP contribution >= 0.6 is 23.2 Å². The number of benzene rings is 2. The summed E-state index contributed by atoms with van der Waals surface area (Å²) in [6.07, 6.45) is 0. The van der Waals surface area contributed by atoms with Crippen molar-refractivity contribution in [1.29, 1.82) is 0 Å².